The molecular formula is C22H21F3N6O2. The van der Waals surface area contributed by atoms with Crippen molar-refractivity contribution in [3.63, 3.8) is 0 Å². The maximum atomic E-state index is 12.8. The number of alkyl halides is 3. The summed E-state index contributed by atoms with van der Waals surface area (Å²) in [4.78, 5) is 17.8. The molecule has 1 saturated heterocycles. The van der Waals surface area contributed by atoms with Crippen molar-refractivity contribution in [3.05, 3.63) is 72.7 Å². The lowest BCUT2D eigenvalue weighted by Gasteiger charge is -2.19. The average molecular weight is 458 g/mol. The van der Waals surface area contributed by atoms with Crippen LogP contribution in [0.4, 0.5) is 18.9 Å². The average Bonchev–Trinajstić information content (AvgIpc) is 3.44. The molecule has 2 aromatic heterocycles. The fourth-order valence-electron chi connectivity index (χ4n) is 3.65. The van der Waals surface area contributed by atoms with E-state index in [0.717, 1.165) is 12.1 Å². The molecule has 0 bridgehead atoms. The van der Waals surface area contributed by atoms with E-state index in [4.69, 9.17) is 10.5 Å². The summed E-state index contributed by atoms with van der Waals surface area (Å²) in [6, 6.07) is 6.16. The van der Waals surface area contributed by atoms with Gasteiger partial charge in [0.1, 0.15) is 5.69 Å². The van der Waals surface area contributed by atoms with Crippen LogP contribution in [0.5, 0.6) is 0 Å². The summed E-state index contributed by atoms with van der Waals surface area (Å²) < 4.78 is 46.0. The molecule has 3 heterocycles. The monoisotopic (exact) mass is 458 g/mol. The minimum atomic E-state index is -4.40. The molecule has 0 aliphatic carbocycles. The summed E-state index contributed by atoms with van der Waals surface area (Å²) >= 11 is 0. The number of carbonyl (C=O) groups excluding carboxylic acids is 1. The maximum absolute atomic E-state index is 12.8. The molecule has 1 aliphatic rings. The molecule has 172 valence electrons. The van der Waals surface area contributed by atoms with Crippen LogP contribution in [0.1, 0.15) is 17.2 Å². The van der Waals surface area contributed by atoms with E-state index in [0.29, 0.717) is 29.1 Å². The SMILES string of the molecule is C=CC(=O)N1C[C@@H](n2cc(-c3cncc(N)c3)nn2)[C@H](OCc2ccc(C(F)(F)F)cc2)C1. The molecule has 0 radical (unpaired) electrons. The number of rotatable bonds is 6. The van der Waals surface area contributed by atoms with Gasteiger partial charge in [-0.25, -0.2) is 4.68 Å². The Balaban J connectivity index is 1.51. The van der Waals surface area contributed by atoms with Gasteiger partial charge in [0.2, 0.25) is 5.91 Å². The predicted octanol–water partition coefficient (Wildman–Crippen LogP) is 3.10. The fourth-order valence-corrected chi connectivity index (χ4v) is 3.65. The number of hydrogen-bond donors (Lipinski definition) is 1. The Morgan fingerprint density at radius 3 is 2.67 bits per heavy atom. The van der Waals surface area contributed by atoms with E-state index in [2.05, 4.69) is 21.9 Å². The molecule has 1 amide bonds. The van der Waals surface area contributed by atoms with Crippen LogP contribution >= 0.6 is 0 Å². The standard InChI is InChI=1S/C22H21F3N6O2/c1-2-21(32)30-11-19(31-10-18(28-29-31)15-7-17(26)9-27-8-15)20(12-30)33-13-14-3-5-16(6-4-14)22(23,24)25/h2-10,19-20H,1,11-13,26H2/t19-,20-/m1/s1. The van der Waals surface area contributed by atoms with Gasteiger partial charge in [-0.2, -0.15) is 13.2 Å². The smallest absolute Gasteiger partial charge is 0.397 e. The molecule has 1 aliphatic heterocycles. The van der Waals surface area contributed by atoms with Gasteiger partial charge in [0, 0.05) is 31.0 Å². The minimum Gasteiger partial charge on any atom is -0.397 e. The fraction of sp³-hybridized carbons (Fsp3) is 0.273. The molecule has 11 heteroatoms. The Hall–Kier alpha value is -3.73. The van der Waals surface area contributed by atoms with Crippen molar-refractivity contribution in [2.75, 3.05) is 18.8 Å². The lowest BCUT2D eigenvalue weighted by atomic mass is 10.1. The third-order valence-corrected chi connectivity index (χ3v) is 5.37. The number of amides is 1. The first kappa shape index (κ1) is 22.5. The largest absolute Gasteiger partial charge is 0.416 e. The zero-order valence-electron chi connectivity index (χ0n) is 17.4. The molecule has 0 spiro atoms. The van der Waals surface area contributed by atoms with Crippen LogP contribution in [-0.4, -0.2) is 50.0 Å². The molecule has 1 aromatic carbocycles. The molecule has 0 unspecified atom stereocenters. The molecule has 0 saturated carbocycles. The molecule has 2 N–H and O–H groups in total. The lowest BCUT2D eigenvalue weighted by molar-refractivity contribution is -0.137. The summed E-state index contributed by atoms with van der Waals surface area (Å²) in [6.45, 7) is 4.21. The van der Waals surface area contributed by atoms with Gasteiger partial charge < -0.3 is 15.4 Å². The normalized spacial score (nSPS) is 18.5. The minimum absolute atomic E-state index is 0.0795. The molecule has 4 rings (SSSR count). The van der Waals surface area contributed by atoms with Crippen molar-refractivity contribution in [1.29, 1.82) is 0 Å². The van der Waals surface area contributed by atoms with E-state index in [9.17, 15) is 18.0 Å². The predicted molar refractivity (Wildman–Crippen MR) is 114 cm³/mol. The maximum Gasteiger partial charge on any atom is 0.416 e. The highest BCUT2D eigenvalue weighted by Gasteiger charge is 2.37. The Kier molecular flexibility index (Phi) is 6.14. The van der Waals surface area contributed by atoms with Crippen LogP contribution < -0.4 is 5.73 Å². The number of nitrogen functional groups attached to an aromatic ring is 1. The van der Waals surface area contributed by atoms with Crippen LogP contribution in [0.2, 0.25) is 0 Å². The quantitative estimate of drug-likeness (QED) is 0.570. The van der Waals surface area contributed by atoms with E-state index < -0.39 is 17.8 Å². The first-order valence-corrected chi connectivity index (χ1v) is 10.1. The van der Waals surface area contributed by atoms with Crippen LogP contribution in [0, 0.1) is 0 Å². The summed E-state index contributed by atoms with van der Waals surface area (Å²) in [6.07, 6.45) is 1.23. The highest BCUT2D eigenvalue weighted by molar-refractivity contribution is 5.87. The van der Waals surface area contributed by atoms with Crippen LogP contribution in [0.15, 0.2) is 61.6 Å². The van der Waals surface area contributed by atoms with Crippen molar-refractivity contribution < 1.29 is 22.7 Å². The van der Waals surface area contributed by atoms with Crippen molar-refractivity contribution in [1.82, 2.24) is 24.9 Å². The Bertz CT molecular complexity index is 1150. The number of nitrogens with zero attached hydrogens (tertiary/aromatic N) is 5. The second-order valence-electron chi connectivity index (χ2n) is 7.65. The Labute approximate surface area is 187 Å². The summed E-state index contributed by atoms with van der Waals surface area (Å²) in [5.41, 5.74) is 7.39. The van der Waals surface area contributed by atoms with E-state index in [1.54, 1.807) is 28.0 Å². The number of benzene rings is 1. The van der Waals surface area contributed by atoms with Crippen LogP contribution in [0.25, 0.3) is 11.3 Å². The number of ether oxygens (including phenoxy) is 1. The molecule has 8 nitrogen and oxygen atoms in total. The highest BCUT2D eigenvalue weighted by atomic mass is 19.4. The number of anilines is 1. The molecule has 3 aromatic rings. The van der Waals surface area contributed by atoms with Crippen LogP contribution in [-0.2, 0) is 22.3 Å². The summed E-state index contributed by atoms with van der Waals surface area (Å²) in [5.74, 6) is -0.249. The Morgan fingerprint density at radius 2 is 2.00 bits per heavy atom. The van der Waals surface area contributed by atoms with Crippen molar-refractivity contribution in [3.8, 4) is 11.3 Å². The van der Waals surface area contributed by atoms with Gasteiger partial charge in [-0.05, 0) is 29.8 Å². The van der Waals surface area contributed by atoms with E-state index in [1.165, 1.54) is 24.4 Å². The topological polar surface area (TPSA) is 99.2 Å². The van der Waals surface area contributed by atoms with Gasteiger partial charge in [-0.15, -0.1) is 5.10 Å². The van der Waals surface area contributed by atoms with Crippen molar-refractivity contribution in [2.45, 2.75) is 24.9 Å². The van der Waals surface area contributed by atoms with Gasteiger partial charge in [-0.1, -0.05) is 23.9 Å². The summed E-state index contributed by atoms with van der Waals surface area (Å²) in [5, 5.41) is 8.38. The number of aromatic nitrogens is 4. The first-order chi connectivity index (χ1) is 15.7. The second kappa shape index (κ2) is 9.02. The highest BCUT2D eigenvalue weighted by Crippen LogP contribution is 2.30. The molecular weight excluding hydrogens is 437 g/mol. The number of pyridine rings is 1. The Morgan fingerprint density at radius 1 is 1.24 bits per heavy atom. The number of carbonyl (C=O) groups is 1. The lowest BCUT2D eigenvalue weighted by Crippen LogP contribution is -2.28. The zero-order valence-corrected chi connectivity index (χ0v) is 17.4. The third-order valence-electron chi connectivity index (χ3n) is 5.37. The van der Waals surface area contributed by atoms with E-state index in [1.807, 2.05) is 0 Å². The van der Waals surface area contributed by atoms with Gasteiger partial charge in [-0.3, -0.25) is 9.78 Å². The third kappa shape index (κ3) is 5.03. The van der Waals surface area contributed by atoms with Gasteiger partial charge >= 0.3 is 6.18 Å². The van der Waals surface area contributed by atoms with Crippen molar-refractivity contribution in [2.24, 2.45) is 0 Å². The van der Waals surface area contributed by atoms with Gasteiger partial charge in [0.15, 0.2) is 0 Å². The molecule has 33 heavy (non-hydrogen) atoms. The van der Waals surface area contributed by atoms with E-state index in [-0.39, 0.29) is 25.1 Å². The van der Waals surface area contributed by atoms with E-state index >= 15 is 0 Å². The first-order valence-electron chi connectivity index (χ1n) is 10.1. The molecule has 2 atom stereocenters. The number of nitrogens with two attached hydrogens (primary N) is 1. The molecule has 1 fully saturated rings. The van der Waals surface area contributed by atoms with Crippen LogP contribution in [0.3, 0.4) is 0 Å². The van der Waals surface area contributed by atoms with Gasteiger partial charge in [0.25, 0.3) is 0 Å². The summed E-state index contributed by atoms with van der Waals surface area (Å²) in [7, 11) is 0. The number of hydrogen-bond acceptors (Lipinski definition) is 6. The second-order valence-corrected chi connectivity index (χ2v) is 7.65. The zero-order chi connectivity index (χ0) is 23.6. The number of likely N-dealkylation sites (tertiary alicyclic amines) is 1. The van der Waals surface area contributed by atoms with Crippen molar-refractivity contribution >= 4 is 11.6 Å². The van der Waals surface area contributed by atoms with Gasteiger partial charge in [0.05, 0.1) is 36.2 Å². The number of halogens is 3.